The predicted molar refractivity (Wildman–Crippen MR) is 63.5 cm³/mol. The summed E-state index contributed by atoms with van der Waals surface area (Å²) >= 11 is 5.46. The van der Waals surface area contributed by atoms with Gasteiger partial charge in [-0.15, -0.1) is 0 Å². The SMILES string of the molecule is COCCNS(=O)(=O)c1ccc(Cl)cc1C(F)(F)F. The van der Waals surface area contributed by atoms with Crippen molar-refractivity contribution < 1.29 is 26.3 Å². The summed E-state index contributed by atoms with van der Waals surface area (Å²) in [5.41, 5.74) is -1.30. The smallest absolute Gasteiger partial charge is 0.383 e. The predicted octanol–water partition coefficient (Wildman–Crippen LogP) is 2.28. The fourth-order valence-electron chi connectivity index (χ4n) is 1.31. The van der Waals surface area contributed by atoms with Gasteiger partial charge in [-0.1, -0.05) is 11.6 Å². The molecule has 9 heteroatoms. The van der Waals surface area contributed by atoms with Crippen LogP contribution in [0.3, 0.4) is 0 Å². The highest BCUT2D eigenvalue weighted by Gasteiger charge is 2.37. The first-order valence-electron chi connectivity index (χ1n) is 5.04. The normalized spacial score (nSPS) is 12.7. The molecule has 19 heavy (non-hydrogen) atoms. The molecule has 1 N–H and O–H groups in total. The van der Waals surface area contributed by atoms with Crippen molar-refractivity contribution in [1.29, 1.82) is 0 Å². The summed E-state index contributed by atoms with van der Waals surface area (Å²) in [5, 5.41) is -0.192. The van der Waals surface area contributed by atoms with E-state index in [1.165, 1.54) is 7.11 Å². The van der Waals surface area contributed by atoms with Gasteiger partial charge in [0.25, 0.3) is 0 Å². The van der Waals surface area contributed by atoms with Gasteiger partial charge in [0, 0.05) is 18.7 Å². The molecule has 0 radical (unpaired) electrons. The molecule has 0 bridgehead atoms. The molecule has 0 fully saturated rings. The third-order valence-corrected chi connectivity index (χ3v) is 3.89. The lowest BCUT2D eigenvalue weighted by molar-refractivity contribution is -0.139. The van der Waals surface area contributed by atoms with Gasteiger partial charge in [-0.2, -0.15) is 13.2 Å². The molecule has 0 aliphatic rings. The number of sulfonamides is 1. The molecule has 0 saturated carbocycles. The van der Waals surface area contributed by atoms with E-state index in [0.717, 1.165) is 12.1 Å². The van der Waals surface area contributed by atoms with Crippen molar-refractivity contribution in [1.82, 2.24) is 4.72 Å². The minimum atomic E-state index is -4.81. The summed E-state index contributed by atoms with van der Waals surface area (Å²) in [7, 11) is -2.93. The molecule has 1 aromatic carbocycles. The Morgan fingerprint density at radius 3 is 2.53 bits per heavy atom. The van der Waals surface area contributed by atoms with Crippen molar-refractivity contribution in [2.75, 3.05) is 20.3 Å². The van der Waals surface area contributed by atoms with Crippen LogP contribution in [0.2, 0.25) is 5.02 Å². The Bertz CT molecular complexity index is 545. The topological polar surface area (TPSA) is 55.4 Å². The fourth-order valence-corrected chi connectivity index (χ4v) is 2.70. The molecule has 0 saturated heterocycles. The van der Waals surface area contributed by atoms with Crippen LogP contribution in [-0.4, -0.2) is 28.7 Å². The fraction of sp³-hybridized carbons (Fsp3) is 0.400. The second-order valence-corrected chi connectivity index (χ2v) is 5.70. The van der Waals surface area contributed by atoms with Crippen LogP contribution in [0, 0.1) is 0 Å². The van der Waals surface area contributed by atoms with Crippen molar-refractivity contribution in [2.45, 2.75) is 11.1 Å². The maximum Gasteiger partial charge on any atom is 0.417 e. The van der Waals surface area contributed by atoms with E-state index in [4.69, 9.17) is 11.6 Å². The summed E-state index contributed by atoms with van der Waals surface area (Å²) in [6.07, 6.45) is -4.81. The number of ether oxygens (including phenoxy) is 1. The summed E-state index contributed by atoms with van der Waals surface area (Å²) in [6, 6.07) is 2.48. The lowest BCUT2D eigenvalue weighted by Crippen LogP contribution is -2.29. The Balaban J connectivity index is 3.19. The molecule has 0 aliphatic carbocycles. The number of hydrogen-bond acceptors (Lipinski definition) is 3. The maximum absolute atomic E-state index is 12.8. The van der Waals surface area contributed by atoms with Crippen molar-refractivity contribution in [3.63, 3.8) is 0 Å². The number of nitrogens with one attached hydrogen (secondary N) is 1. The van der Waals surface area contributed by atoms with Crippen molar-refractivity contribution in [3.8, 4) is 0 Å². The molecule has 0 unspecified atom stereocenters. The number of benzene rings is 1. The Morgan fingerprint density at radius 1 is 1.37 bits per heavy atom. The number of rotatable bonds is 5. The number of methoxy groups -OCH3 is 1. The van der Waals surface area contributed by atoms with Gasteiger partial charge in [-0.25, -0.2) is 13.1 Å². The lowest BCUT2D eigenvalue weighted by Gasteiger charge is -2.14. The van der Waals surface area contributed by atoms with Gasteiger partial charge >= 0.3 is 6.18 Å². The minimum Gasteiger partial charge on any atom is -0.383 e. The number of halogens is 4. The van der Waals surface area contributed by atoms with E-state index in [0.29, 0.717) is 6.07 Å². The largest absolute Gasteiger partial charge is 0.417 e. The Kier molecular flexibility index (Phi) is 5.19. The molecule has 108 valence electrons. The van der Waals surface area contributed by atoms with Crippen LogP contribution in [0.15, 0.2) is 23.1 Å². The lowest BCUT2D eigenvalue weighted by atomic mass is 10.2. The Hall–Kier alpha value is -0.830. The zero-order valence-corrected chi connectivity index (χ0v) is 11.4. The molecule has 0 spiro atoms. The van der Waals surface area contributed by atoms with E-state index in [1.54, 1.807) is 0 Å². The van der Waals surface area contributed by atoms with Gasteiger partial charge in [0.1, 0.15) is 0 Å². The van der Waals surface area contributed by atoms with E-state index >= 15 is 0 Å². The van der Waals surface area contributed by atoms with Gasteiger partial charge in [0.05, 0.1) is 17.1 Å². The van der Waals surface area contributed by atoms with E-state index in [1.807, 2.05) is 4.72 Å². The molecular formula is C10H11ClF3NO3S. The third-order valence-electron chi connectivity index (χ3n) is 2.13. The first kappa shape index (κ1) is 16.2. The van der Waals surface area contributed by atoms with Crippen molar-refractivity contribution in [3.05, 3.63) is 28.8 Å². The summed E-state index contributed by atoms with van der Waals surface area (Å²) < 4.78 is 68.5. The van der Waals surface area contributed by atoms with Gasteiger partial charge in [-0.05, 0) is 18.2 Å². The number of alkyl halides is 3. The van der Waals surface area contributed by atoms with E-state index in [2.05, 4.69) is 4.74 Å². The Morgan fingerprint density at radius 2 is 2.00 bits per heavy atom. The first-order chi connectivity index (χ1) is 8.68. The second kappa shape index (κ2) is 6.08. The van der Waals surface area contributed by atoms with Crippen LogP contribution in [0.5, 0.6) is 0 Å². The van der Waals surface area contributed by atoms with Crippen LogP contribution < -0.4 is 4.72 Å². The maximum atomic E-state index is 12.8. The van der Waals surface area contributed by atoms with Crippen LogP contribution in [0.4, 0.5) is 13.2 Å². The van der Waals surface area contributed by atoms with Gasteiger partial charge in [-0.3, -0.25) is 0 Å². The zero-order valence-electron chi connectivity index (χ0n) is 9.79. The third kappa shape index (κ3) is 4.34. The molecule has 0 heterocycles. The monoisotopic (exact) mass is 317 g/mol. The minimum absolute atomic E-state index is 0.0498. The molecule has 1 rings (SSSR count). The average Bonchev–Trinajstić information content (AvgIpc) is 2.27. The summed E-state index contributed by atoms with van der Waals surface area (Å²) in [4.78, 5) is -0.861. The second-order valence-electron chi connectivity index (χ2n) is 3.53. The van der Waals surface area contributed by atoms with Crippen LogP contribution in [0.1, 0.15) is 5.56 Å². The van der Waals surface area contributed by atoms with Gasteiger partial charge in [0.15, 0.2) is 0 Å². The van der Waals surface area contributed by atoms with Crippen LogP contribution in [-0.2, 0) is 20.9 Å². The average molecular weight is 318 g/mol. The van der Waals surface area contributed by atoms with Crippen molar-refractivity contribution >= 4 is 21.6 Å². The van der Waals surface area contributed by atoms with Gasteiger partial charge < -0.3 is 4.74 Å². The van der Waals surface area contributed by atoms with Gasteiger partial charge in [0.2, 0.25) is 10.0 Å². The Labute approximate surface area is 113 Å². The number of hydrogen-bond donors (Lipinski definition) is 1. The highest BCUT2D eigenvalue weighted by molar-refractivity contribution is 7.89. The molecule has 4 nitrogen and oxygen atoms in total. The van der Waals surface area contributed by atoms with E-state index in [9.17, 15) is 21.6 Å². The highest BCUT2D eigenvalue weighted by atomic mass is 35.5. The van der Waals surface area contributed by atoms with E-state index in [-0.39, 0.29) is 18.2 Å². The first-order valence-corrected chi connectivity index (χ1v) is 6.90. The summed E-state index contributed by atoms with van der Waals surface area (Å²) in [6.45, 7) is -0.0765. The molecule has 0 atom stereocenters. The molecular weight excluding hydrogens is 307 g/mol. The summed E-state index contributed by atoms with van der Waals surface area (Å²) in [5.74, 6) is 0. The van der Waals surface area contributed by atoms with Crippen LogP contribution >= 0.6 is 11.6 Å². The van der Waals surface area contributed by atoms with Crippen molar-refractivity contribution in [2.24, 2.45) is 0 Å². The molecule has 0 amide bonds. The van der Waals surface area contributed by atoms with Crippen LogP contribution in [0.25, 0.3) is 0 Å². The molecule has 0 aromatic heterocycles. The molecule has 1 aromatic rings. The standard InChI is InChI=1S/C10H11ClF3NO3S/c1-18-5-4-15-19(16,17)9-3-2-7(11)6-8(9)10(12,13)14/h2-3,6,15H,4-5H2,1H3. The molecule has 0 aliphatic heterocycles. The zero-order chi connectivity index (χ0) is 14.7. The van der Waals surface area contributed by atoms with E-state index < -0.39 is 26.7 Å². The highest BCUT2D eigenvalue weighted by Crippen LogP contribution is 2.35. The quantitative estimate of drug-likeness (QED) is 0.848.